The Balaban J connectivity index is 2.09. The number of rotatable bonds is 4. The van der Waals surface area contributed by atoms with Crippen molar-refractivity contribution in [2.45, 2.75) is 6.54 Å². The van der Waals surface area contributed by atoms with Crippen molar-refractivity contribution in [2.24, 2.45) is 4.99 Å². The van der Waals surface area contributed by atoms with Crippen molar-refractivity contribution < 1.29 is 4.79 Å². The smallest absolute Gasteiger partial charge is 0.279 e. The molecule has 1 aromatic heterocycles. The van der Waals surface area contributed by atoms with Gasteiger partial charge in [0.2, 0.25) is 0 Å². The molecule has 0 atom stereocenters. The maximum Gasteiger partial charge on any atom is 0.279 e. The molecule has 0 spiro atoms. The van der Waals surface area contributed by atoms with Gasteiger partial charge in [-0.3, -0.25) is 4.79 Å². The maximum atomic E-state index is 12.5. The number of amides is 1. The Bertz CT molecular complexity index is 947. The van der Waals surface area contributed by atoms with Crippen LogP contribution in [0.5, 0.6) is 0 Å². The number of benzene rings is 2. The number of thiazole rings is 1. The summed E-state index contributed by atoms with van der Waals surface area (Å²) < 4.78 is 4.06. The van der Waals surface area contributed by atoms with Gasteiger partial charge in [-0.1, -0.05) is 38.9 Å². The second-order valence-electron chi connectivity index (χ2n) is 5.06. The molecule has 1 heterocycles. The molecule has 3 nitrogen and oxygen atoms in total. The lowest BCUT2D eigenvalue weighted by molar-refractivity contribution is 0.0998. The van der Waals surface area contributed by atoms with Crippen LogP contribution in [0.25, 0.3) is 10.2 Å². The number of halogens is 2. The minimum atomic E-state index is -0.238. The Morgan fingerprint density at radius 3 is 2.75 bits per heavy atom. The molecule has 24 heavy (non-hydrogen) atoms. The van der Waals surface area contributed by atoms with E-state index in [0.717, 1.165) is 27.0 Å². The number of nitrogens with zero attached hydrogens (tertiary/aromatic N) is 2. The van der Waals surface area contributed by atoms with Gasteiger partial charge in [0, 0.05) is 27.4 Å². The molecule has 2 aromatic carbocycles. The summed E-state index contributed by atoms with van der Waals surface area (Å²) in [6.45, 7) is 0.801. The zero-order valence-electron chi connectivity index (χ0n) is 12.8. The van der Waals surface area contributed by atoms with Crippen LogP contribution in [0.15, 0.2) is 51.9 Å². The summed E-state index contributed by atoms with van der Waals surface area (Å²) in [6, 6.07) is 13.0. The van der Waals surface area contributed by atoms with E-state index >= 15 is 0 Å². The highest BCUT2D eigenvalue weighted by atomic mass is 79.9. The van der Waals surface area contributed by atoms with E-state index in [0.29, 0.717) is 15.4 Å². The zero-order valence-corrected chi connectivity index (χ0v) is 16.8. The zero-order chi connectivity index (χ0) is 17.1. The van der Waals surface area contributed by atoms with Gasteiger partial charge in [-0.25, -0.2) is 0 Å². The Morgan fingerprint density at radius 2 is 2.04 bits per heavy atom. The van der Waals surface area contributed by atoms with Gasteiger partial charge in [0.1, 0.15) is 0 Å². The van der Waals surface area contributed by atoms with Gasteiger partial charge >= 0.3 is 0 Å². The first-order chi connectivity index (χ1) is 11.6. The summed E-state index contributed by atoms with van der Waals surface area (Å²) in [5.41, 5.74) is 1.63. The van der Waals surface area contributed by atoms with E-state index in [1.807, 2.05) is 30.3 Å². The van der Waals surface area contributed by atoms with E-state index < -0.39 is 0 Å². The fourth-order valence-electron chi connectivity index (χ4n) is 2.27. The quantitative estimate of drug-likeness (QED) is 0.556. The average molecular weight is 442 g/mol. The molecular formula is C17H14BrClN2OS2. The molecule has 3 aromatic rings. The summed E-state index contributed by atoms with van der Waals surface area (Å²) in [5.74, 6) is 0.715. The van der Waals surface area contributed by atoms with Crippen molar-refractivity contribution in [3.05, 3.63) is 62.3 Å². The van der Waals surface area contributed by atoms with Crippen LogP contribution in [0, 0.1) is 0 Å². The van der Waals surface area contributed by atoms with Gasteiger partial charge in [0.05, 0.1) is 10.2 Å². The molecule has 0 saturated carbocycles. The van der Waals surface area contributed by atoms with E-state index in [9.17, 15) is 4.79 Å². The first-order valence-electron chi connectivity index (χ1n) is 7.21. The molecule has 124 valence electrons. The van der Waals surface area contributed by atoms with Crippen LogP contribution >= 0.6 is 50.6 Å². The maximum absolute atomic E-state index is 12.5. The molecule has 0 bridgehead atoms. The summed E-state index contributed by atoms with van der Waals surface area (Å²) >= 11 is 12.7. The van der Waals surface area contributed by atoms with Crippen LogP contribution in [0.4, 0.5) is 0 Å². The number of hydrogen-bond donors (Lipinski definition) is 0. The van der Waals surface area contributed by atoms with Crippen molar-refractivity contribution in [3.63, 3.8) is 0 Å². The molecule has 0 unspecified atom stereocenters. The summed E-state index contributed by atoms with van der Waals surface area (Å²) in [5, 5.41) is 0.687. The Morgan fingerprint density at radius 1 is 1.29 bits per heavy atom. The largest absolute Gasteiger partial charge is 0.316 e. The molecule has 0 saturated heterocycles. The molecule has 3 rings (SSSR count). The van der Waals surface area contributed by atoms with E-state index in [-0.39, 0.29) is 5.91 Å². The van der Waals surface area contributed by atoms with Crippen LogP contribution in [0.1, 0.15) is 10.4 Å². The fraction of sp³-hybridized carbons (Fsp3) is 0.176. The molecule has 0 aliphatic heterocycles. The second kappa shape index (κ2) is 7.87. The highest BCUT2D eigenvalue weighted by Crippen LogP contribution is 2.22. The van der Waals surface area contributed by atoms with Crippen LogP contribution in [-0.2, 0) is 6.54 Å². The van der Waals surface area contributed by atoms with Crippen LogP contribution in [0.3, 0.4) is 0 Å². The minimum absolute atomic E-state index is 0.238. The highest BCUT2D eigenvalue weighted by Gasteiger charge is 2.09. The molecule has 0 radical (unpaired) electrons. The van der Waals surface area contributed by atoms with Crippen molar-refractivity contribution in [1.29, 1.82) is 0 Å². The second-order valence-corrected chi connectivity index (χ2v) is 8.41. The average Bonchev–Trinajstić information content (AvgIpc) is 2.89. The lowest BCUT2D eigenvalue weighted by atomic mass is 10.2. The molecule has 0 N–H and O–H groups in total. The first kappa shape index (κ1) is 17.7. The Kier molecular flexibility index (Phi) is 5.81. The summed E-state index contributed by atoms with van der Waals surface area (Å²) in [7, 11) is 0. The number of aryl methyl sites for hydroxylation is 1. The number of carbonyl (C=O) groups is 1. The molecule has 1 amide bonds. The Labute approximate surface area is 161 Å². The van der Waals surface area contributed by atoms with E-state index in [4.69, 9.17) is 11.6 Å². The molecule has 7 heteroatoms. The SMILES string of the molecule is CSCCn1c(=NC(=O)c2ccc(Br)cc2)sc2cc(Cl)ccc21. The van der Waals surface area contributed by atoms with Gasteiger partial charge < -0.3 is 4.57 Å². The fourth-order valence-corrected chi connectivity index (χ4v) is 4.23. The lowest BCUT2D eigenvalue weighted by Gasteiger charge is -2.03. The van der Waals surface area contributed by atoms with Crippen molar-refractivity contribution in [1.82, 2.24) is 4.57 Å². The van der Waals surface area contributed by atoms with Gasteiger partial charge in [0.15, 0.2) is 4.80 Å². The molecule has 0 fully saturated rings. The number of hydrogen-bond acceptors (Lipinski definition) is 3. The number of thioether (sulfide) groups is 1. The van der Waals surface area contributed by atoms with Crippen molar-refractivity contribution >= 4 is 66.8 Å². The van der Waals surface area contributed by atoms with Crippen molar-refractivity contribution in [3.8, 4) is 0 Å². The van der Waals surface area contributed by atoms with Gasteiger partial charge in [0.25, 0.3) is 5.91 Å². The van der Waals surface area contributed by atoms with Gasteiger partial charge in [-0.15, -0.1) is 0 Å². The molecule has 0 aliphatic rings. The first-order valence-corrected chi connectivity index (χ1v) is 10.6. The summed E-state index contributed by atoms with van der Waals surface area (Å²) in [6.07, 6.45) is 2.07. The number of fused-ring (bicyclic) bond motifs is 1. The molecule has 0 aliphatic carbocycles. The van der Waals surface area contributed by atoms with Gasteiger partial charge in [-0.2, -0.15) is 16.8 Å². The van der Waals surface area contributed by atoms with Crippen LogP contribution in [0.2, 0.25) is 5.02 Å². The van der Waals surface area contributed by atoms with E-state index in [1.165, 1.54) is 11.3 Å². The van der Waals surface area contributed by atoms with E-state index in [2.05, 4.69) is 31.7 Å². The third kappa shape index (κ3) is 3.94. The number of carbonyl (C=O) groups excluding carboxylic acids is 1. The predicted octanol–water partition coefficient (Wildman–Crippen LogP) is 5.22. The van der Waals surface area contributed by atoms with Crippen LogP contribution in [-0.4, -0.2) is 22.5 Å². The van der Waals surface area contributed by atoms with Crippen molar-refractivity contribution in [2.75, 3.05) is 12.0 Å². The monoisotopic (exact) mass is 440 g/mol. The third-order valence-electron chi connectivity index (χ3n) is 3.45. The summed E-state index contributed by atoms with van der Waals surface area (Å²) in [4.78, 5) is 17.5. The topological polar surface area (TPSA) is 34.4 Å². The standard InChI is InChI=1S/C17H14BrClN2OS2/c1-23-9-8-21-14-7-6-13(19)10-15(14)24-17(21)20-16(22)11-2-4-12(18)5-3-11/h2-7,10H,8-9H2,1H3. The van der Waals surface area contributed by atoms with Crippen LogP contribution < -0.4 is 4.80 Å². The van der Waals surface area contributed by atoms with Gasteiger partial charge in [-0.05, 0) is 48.7 Å². The normalized spacial score (nSPS) is 12.0. The van der Waals surface area contributed by atoms with E-state index in [1.54, 1.807) is 23.9 Å². The lowest BCUT2D eigenvalue weighted by Crippen LogP contribution is -2.18. The number of aromatic nitrogens is 1. The Hall–Kier alpha value is -1.08. The highest BCUT2D eigenvalue weighted by molar-refractivity contribution is 9.10. The minimum Gasteiger partial charge on any atom is -0.316 e. The molecular weight excluding hydrogens is 428 g/mol. The predicted molar refractivity (Wildman–Crippen MR) is 107 cm³/mol. The third-order valence-corrected chi connectivity index (χ3v) is 5.85.